The Morgan fingerprint density at radius 3 is 2.38 bits per heavy atom. The summed E-state index contributed by atoms with van der Waals surface area (Å²) in [7, 11) is -3.59. The highest BCUT2D eigenvalue weighted by atomic mass is 32.2. The van der Waals surface area contributed by atoms with E-state index in [1.807, 2.05) is 30.3 Å². The van der Waals surface area contributed by atoms with Crippen molar-refractivity contribution in [1.29, 1.82) is 0 Å². The summed E-state index contributed by atoms with van der Waals surface area (Å²) in [6.45, 7) is 4.76. The minimum atomic E-state index is -3.59. The third-order valence-corrected chi connectivity index (χ3v) is 8.00. The second kappa shape index (κ2) is 10.6. The lowest BCUT2D eigenvalue weighted by Gasteiger charge is -2.31. The summed E-state index contributed by atoms with van der Waals surface area (Å²) >= 11 is 0. The zero-order chi connectivity index (χ0) is 22.4. The number of amides is 1. The summed E-state index contributed by atoms with van der Waals surface area (Å²) in [5.74, 6) is -0.275. The molecule has 0 bridgehead atoms. The van der Waals surface area contributed by atoms with Gasteiger partial charge in [0.05, 0.1) is 24.2 Å². The Morgan fingerprint density at radius 2 is 1.66 bits per heavy atom. The minimum absolute atomic E-state index is 0.177. The minimum Gasteiger partial charge on any atom is -0.379 e. The molecule has 2 heterocycles. The van der Waals surface area contributed by atoms with Crippen molar-refractivity contribution >= 4 is 15.9 Å². The Labute approximate surface area is 190 Å². The number of ether oxygens (including phenoxy) is 1. The zero-order valence-electron chi connectivity index (χ0n) is 18.3. The average Bonchev–Trinajstić information content (AvgIpc) is 2.85. The fraction of sp³-hybridized carbons (Fsp3) is 0.458. The molecular formula is C24H31N3O4S. The topological polar surface area (TPSA) is 79.0 Å². The smallest absolute Gasteiger partial charge is 0.251 e. The van der Waals surface area contributed by atoms with Gasteiger partial charge in [-0.15, -0.1) is 0 Å². The Hall–Kier alpha value is -2.26. The normalized spacial score (nSPS) is 19.4. The number of benzene rings is 2. The molecule has 2 aromatic rings. The van der Waals surface area contributed by atoms with Crippen molar-refractivity contribution in [3.63, 3.8) is 0 Å². The van der Waals surface area contributed by atoms with E-state index in [2.05, 4.69) is 10.2 Å². The number of sulfonamides is 1. The maximum Gasteiger partial charge on any atom is 0.251 e. The van der Waals surface area contributed by atoms with E-state index in [1.165, 1.54) is 10.4 Å². The van der Waals surface area contributed by atoms with Crippen molar-refractivity contribution in [2.75, 3.05) is 45.9 Å². The lowest BCUT2D eigenvalue weighted by atomic mass is 10.1. The van der Waals surface area contributed by atoms with Crippen molar-refractivity contribution in [3.05, 3.63) is 65.7 Å². The van der Waals surface area contributed by atoms with Gasteiger partial charge in [0.2, 0.25) is 10.0 Å². The number of nitrogens with one attached hydrogen (secondary N) is 1. The van der Waals surface area contributed by atoms with Gasteiger partial charge in [0.25, 0.3) is 5.91 Å². The van der Waals surface area contributed by atoms with Crippen LogP contribution < -0.4 is 5.32 Å². The van der Waals surface area contributed by atoms with Crippen molar-refractivity contribution < 1.29 is 17.9 Å². The van der Waals surface area contributed by atoms with Crippen LogP contribution in [-0.4, -0.2) is 69.5 Å². The Balaban J connectivity index is 1.52. The van der Waals surface area contributed by atoms with Crippen LogP contribution in [0.4, 0.5) is 0 Å². The van der Waals surface area contributed by atoms with Gasteiger partial charge in [0.15, 0.2) is 0 Å². The van der Waals surface area contributed by atoms with Gasteiger partial charge >= 0.3 is 0 Å². The molecule has 2 aliphatic heterocycles. The predicted octanol–water partition coefficient (Wildman–Crippen LogP) is 2.66. The number of piperidine rings is 1. The van der Waals surface area contributed by atoms with E-state index in [0.717, 1.165) is 37.9 Å². The summed E-state index contributed by atoms with van der Waals surface area (Å²) in [6, 6.07) is 16.0. The van der Waals surface area contributed by atoms with E-state index in [9.17, 15) is 13.2 Å². The molecule has 2 aliphatic rings. The molecular weight excluding hydrogens is 426 g/mol. The van der Waals surface area contributed by atoms with E-state index in [0.29, 0.717) is 38.4 Å². The van der Waals surface area contributed by atoms with Crippen LogP contribution in [0, 0.1) is 0 Å². The molecule has 0 spiro atoms. The standard InChI is InChI=1S/C24H31N3O4S/c28-24(21-10-7-11-22(18-21)32(29,30)27-12-5-2-6-13-27)25-23(20-8-3-1-4-9-20)19-26-14-16-31-17-15-26/h1,3-4,7-11,18,23H,2,5-6,12-17,19H2,(H,25,28). The molecule has 4 rings (SSSR count). The van der Waals surface area contributed by atoms with Crippen LogP contribution in [0.25, 0.3) is 0 Å². The van der Waals surface area contributed by atoms with Crippen LogP contribution in [0.3, 0.4) is 0 Å². The monoisotopic (exact) mass is 457 g/mol. The molecule has 1 amide bonds. The molecule has 2 saturated heterocycles. The summed E-state index contributed by atoms with van der Waals surface area (Å²) in [5.41, 5.74) is 1.37. The first-order valence-electron chi connectivity index (χ1n) is 11.3. The predicted molar refractivity (Wildman–Crippen MR) is 123 cm³/mol. The molecule has 172 valence electrons. The molecule has 0 saturated carbocycles. The van der Waals surface area contributed by atoms with Crippen LogP contribution in [-0.2, 0) is 14.8 Å². The van der Waals surface area contributed by atoms with E-state index in [1.54, 1.807) is 18.2 Å². The summed E-state index contributed by atoms with van der Waals surface area (Å²) in [4.78, 5) is 15.6. The van der Waals surface area contributed by atoms with Crippen molar-refractivity contribution in [1.82, 2.24) is 14.5 Å². The fourth-order valence-electron chi connectivity index (χ4n) is 4.26. The molecule has 1 unspecified atom stereocenters. The first-order valence-corrected chi connectivity index (χ1v) is 12.7. The molecule has 0 aromatic heterocycles. The molecule has 7 nitrogen and oxygen atoms in total. The highest BCUT2D eigenvalue weighted by Crippen LogP contribution is 2.22. The van der Waals surface area contributed by atoms with Crippen molar-refractivity contribution in [2.45, 2.75) is 30.2 Å². The van der Waals surface area contributed by atoms with E-state index < -0.39 is 10.0 Å². The van der Waals surface area contributed by atoms with Gasteiger partial charge in [-0.2, -0.15) is 4.31 Å². The fourth-order valence-corrected chi connectivity index (χ4v) is 5.82. The summed E-state index contributed by atoms with van der Waals surface area (Å²) in [6.07, 6.45) is 2.80. The Morgan fingerprint density at radius 1 is 0.938 bits per heavy atom. The first kappa shape index (κ1) is 22.9. The zero-order valence-corrected chi connectivity index (χ0v) is 19.1. The second-order valence-corrected chi connectivity index (χ2v) is 10.3. The maximum absolute atomic E-state index is 13.2. The highest BCUT2D eigenvalue weighted by Gasteiger charge is 2.27. The number of carbonyl (C=O) groups excluding carboxylic acids is 1. The lowest BCUT2D eigenvalue weighted by Crippen LogP contribution is -2.43. The molecule has 1 N–H and O–H groups in total. The van der Waals surface area contributed by atoms with Crippen LogP contribution in [0.2, 0.25) is 0 Å². The Kier molecular flexibility index (Phi) is 7.57. The molecule has 32 heavy (non-hydrogen) atoms. The molecule has 0 aliphatic carbocycles. The lowest BCUT2D eigenvalue weighted by molar-refractivity contribution is 0.0332. The van der Waals surface area contributed by atoms with Gasteiger partial charge in [-0.1, -0.05) is 42.8 Å². The van der Waals surface area contributed by atoms with Crippen LogP contribution in [0.5, 0.6) is 0 Å². The number of hydrogen-bond donors (Lipinski definition) is 1. The van der Waals surface area contributed by atoms with E-state index in [-0.39, 0.29) is 16.8 Å². The first-order chi connectivity index (χ1) is 15.5. The quantitative estimate of drug-likeness (QED) is 0.692. The number of rotatable bonds is 7. The third kappa shape index (κ3) is 5.56. The van der Waals surface area contributed by atoms with Crippen LogP contribution in [0.1, 0.15) is 41.2 Å². The molecule has 0 radical (unpaired) electrons. The number of hydrogen-bond acceptors (Lipinski definition) is 5. The number of morpholine rings is 1. The van der Waals surface area contributed by atoms with Crippen LogP contribution in [0.15, 0.2) is 59.5 Å². The number of nitrogens with zero attached hydrogens (tertiary/aromatic N) is 2. The average molecular weight is 458 g/mol. The third-order valence-electron chi connectivity index (χ3n) is 6.10. The van der Waals surface area contributed by atoms with Gasteiger partial charge in [0.1, 0.15) is 0 Å². The maximum atomic E-state index is 13.2. The number of carbonyl (C=O) groups is 1. The molecule has 2 fully saturated rings. The van der Waals surface area contributed by atoms with Gasteiger partial charge < -0.3 is 10.1 Å². The SMILES string of the molecule is O=C(NC(CN1CCOCC1)c1ccccc1)c1cccc(S(=O)(=O)N2CCCCC2)c1. The van der Waals surface area contributed by atoms with Gasteiger partial charge in [-0.25, -0.2) is 8.42 Å². The van der Waals surface area contributed by atoms with Crippen molar-refractivity contribution in [2.24, 2.45) is 0 Å². The van der Waals surface area contributed by atoms with Crippen molar-refractivity contribution in [3.8, 4) is 0 Å². The van der Waals surface area contributed by atoms with E-state index >= 15 is 0 Å². The highest BCUT2D eigenvalue weighted by molar-refractivity contribution is 7.89. The van der Waals surface area contributed by atoms with Crippen LogP contribution >= 0.6 is 0 Å². The second-order valence-electron chi connectivity index (χ2n) is 8.34. The largest absolute Gasteiger partial charge is 0.379 e. The Bertz CT molecular complexity index is 1000. The van der Waals surface area contributed by atoms with Gasteiger partial charge in [-0.3, -0.25) is 9.69 Å². The molecule has 2 aromatic carbocycles. The van der Waals surface area contributed by atoms with Gasteiger partial charge in [-0.05, 0) is 36.6 Å². The van der Waals surface area contributed by atoms with E-state index in [4.69, 9.17) is 4.74 Å². The molecule has 1 atom stereocenters. The summed E-state index contributed by atoms with van der Waals surface area (Å²) in [5, 5.41) is 3.13. The van der Waals surface area contributed by atoms with Gasteiger partial charge in [0, 0.05) is 38.3 Å². The molecule has 8 heteroatoms. The summed E-state index contributed by atoms with van der Waals surface area (Å²) < 4.78 is 33.1.